The summed E-state index contributed by atoms with van der Waals surface area (Å²) < 4.78 is 5.15. The van der Waals surface area contributed by atoms with Crippen LogP contribution < -0.4 is 15.4 Å². The van der Waals surface area contributed by atoms with Gasteiger partial charge in [0.25, 0.3) is 0 Å². The van der Waals surface area contributed by atoms with E-state index in [1.165, 1.54) is 0 Å². The lowest BCUT2D eigenvalue weighted by Crippen LogP contribution is -2.57. The highest BCUT2D eigenvalue weighted by Gasteiger charge is 2.31. The summed E-state index contributed by atoms with van der Waals surface area (Å²) >= 11 is 0. The average Bonchev–Trinajstić information content (AvgIpc) is 2.48. The molecule has 0 amide bonds. The molecule has 21 heavy (non-hydrogen) atoms. The lowest BCUT2D eigenvalue weighted by atomic mass is 10.0. The van der Waals surface area contributed by atoms with Crippen molar-refractivity contribution in [3.63, 3.8) is 0 Å². The fourth-order valence-electron chi connectivity index (χ4n) is 2.49. The molecule has 1 heterocycles. The van der Waals surface area contributed by atoms with Crippen molar-refractivity contribution < 1.29 is 14.6 Å². The Morgan fingerprint density at radius 2 is 1.86 bits per heavy atom. The summed E-state index contributed by atoms with van der Waals surface area (Å²) in [7, 11) is 1.65. The number of ether oxygens (including phenoxy) is 1. The summed E-state index contributed by atoms with van der Waals surface area (Å²) in [6.45, 7) is 5.28. The van der Waals surface area contributed by atoms with E-state index in [9.17, 15) is 4.79 Å². The van der Waals surface area contributed by atoms with E-state index in [1.807, 2.05) is 24.3 Å². The van der Waals surface area contributed by atoms with Crippen molar-refractivity contribution in [1.29, 1.82) is 0 Å². The van der Waals surface area contributed by atoms with E-state index >= 15 is 0 Å². The van der Waals surface area contributed by atoms with Gasteiger partial charge in [0.05, 0.1) is 7.11 Å². The maximum absolute atomic E-state index is 11.1. The van der Waals surface area contributed by atoms with E-state index in [4.69, 9.17) is 15.6 Å². The number of nitrogens with two attached hydrogens (primary N) is 1. The van der Waals surface area contributed by atoms with Crippen LogP contribution in [0.15, 0.2) is 24.3 Å². The van der Waals surface area contributed by atoms with Crippen molar-refractivity contribution in [3.05, 3.63) is 24.3 Å². The molecule has 2 rings (SSSR count). The van der Waals surface area contributed by atoms with Gasteiger partial charge in [-0.25, -0.2) is 0 Å². The molecule has 0 spiro atoms. The molecule has 0 aliphatic carbocycles. The van der Waals surface area contributed by atoms with Gasteiger partial charge in [-0.1, -0.05) is 0 Å². The number of rotatable bonds is 5. The largest absolute Gasteiger partial charge is 0.497 e. The van der Waals surface area contributed by atoms with Crippen LogP contribution in [-0.2, 0) is 4.79 Å². The summed E-state index contributed by atoms with van der Waals surface area (Å²) in [5, 5.41) is 9.08. The second-order valence-electron chi connectivity index (χ2n) is 5.68. The van der Waals surface area contributed by atoms with Crippen LogP contribution in [0, 0.1) is 0 Å². The molecule has 1 fully saturated rings. The van der Waals surface area contributed by atoms with Crippen LogP contribution in [0.2, 0.25) is 0 Å². The normalized spacial score (nSPS) is 19.1. The highest BCUT2D eigenvalue weighted by molar-refractivity contribution is 5.78. The van der Waals surface area contributed by atoms with Crippen LogP contribution in [0.4, 0.5) is 5.69 Å². The molecule has 1 atom stereocenters. The van der Waals surface area contributed by atoms with Gasteiger partial charge in [-0.15, -0.1) is 0 Å². The molecule has 3 N–H and O–H groups in total. The Balaban J connectivity index is 1.89. The number of hydrogen-bond donors (Lipinski definition) is 2. The zero-order valence-electron chi connectivity index (χ0n) is 12.6. The Labute approximate surface area is 125 Å². The SMILES string of the molecule is COc1ccc(N2CCN(CC(C)(N)C(=O)O)CC2)cc1. The van der Waals surface area contributed by atoms with Gasteiger partial charge >= 0.3 is 5.97 Å². The Morgan fingerprint density at radius 3 is 2.33 bits per heavy atom. The van der Waals surface area contributed by atoms with Gasteiger partial charge in [-0.05, 0) is 31.2 Å². The summed E-state index contributed by atoms with van der Waals surface area (Å²) in [5.41, 5.74) is 5.76. The standard InChI is InChI=1S/C15H23N3O3/c1-15(16,14(19)20)11-17-7-9-18(10-8-17)12-3-5-13(21-2)6-4-12/h3-6H,7-11,16H2,1-2H3,(H,19,20). The Hall–Kier alpha value is -1.79. The smallest absolute Gasteiger partial charge is 0.324 e. The molecule has 0 bridgehead atoms. The number of nitrogens with zero attached hydrogens (tertiary/aromatic N) is 2. The minimum atomic E-state index is -1.19. The number of piperazine rings is 1. The van der Waals surface area contributed by atoms with E-state index in [1.54, 1.807) is 14.0 Å². The van der Waals surface area contributed by atoms with E-state index in [0.717, 1.165) is 37.6 Å². The van der Waals surface area contributed by atoms with Gasteiger partial charge in [0.1, 0.15) is 11.3 Å². The highest BCUT2D eigenvalue weighted by Crippen LogP contribution is 2.20. The monoisotopic (exact) mass is 293 g/mol. The summed E-state index contributed by atoms with van der Waals surface area (Å²) in [4.78, 5) is 15.5. The molecule has 1 aliphatic rings. The van der Waals surface area contributed by atoms with Crippen LogP contribution in [0.1, 0.15) is 6.92 Å². The van der Waals surface area contributed by atoms with E-state index in [-0.39, 0.29) is 0 Å². The molecular weight excluding hydrogens is 270 g/mol. The fourth-order valence-corrected chi connectivity index (χ4v) is 2.49. The van der Waals surface area contributed by atoms with Gasteiger partial charge in [-0.2, -0.15) is 0 Å². The maximum atomic E-state index is 11.1. The van der Waals surface area contributed by atoms with Crippen molar-refractivity contribution in [2.24, 2.45) is 5.73 Å². The first-order valence-corrected chi connectivity index (χ1v) is 7.06. The number of hydrogen-bond acceptors (Lipinski definition) is 5. The molecule has 1 aromatic carbocycles. The third-order valence-corrected chi connectivity index (χ3v) is 3.85. The lowest BCUT2D eigenvalue weighted by molar-refractivity contribution is -0.143. The number of aliphatic carboxylic acids is 1. The molecular formula is C15H23N3O3. The second kappa shape index (κ2) is 6.32. The first kappa shape index (κ1) is 15.6. The molecule has 1 aromatic rings. The number of benzene rings is 1. The van der Waals surface area contributed by atoms with E-state index in [2.05, 4.69) is 9.80 Å². The fraction of sp³-hybridized carbons (Fsp3) is 0.533. The first-order valence-electron chi connectivity index (χ1n) is 7.06. The molecule has 1 aliphatic heterocycles. The molecule has 6 nitrogen and oxygen atoms in total. The van der Waals surface area contributed by atoms with Crippen molar-refractivity contribution in [2.45, 2.75) is 12.5 Å². The van der Waals surface area contributed by atoms with Gasteiger partial charge in [0, 0.05) is 38.4 Å². The molecule has 116 valence electrons. The molecule has 1 saturated heterocycles. The number of carbonyl (C=O) groups is 1. The van der Waals surface area contributed by atoms with Gasteiger partial charge in [0.15, 0.2) is 0 Å². The number of anilines is 1. The summed E-state index contributed by atoms with van der Waals surface area (Å²) in [6, 6.07) is 7.98. The van der Waals surface area contributed by atoms with Crippen molar-refractivity contribution in [3.8, 4) is 5.75 Å². The molecule has 0 saturated carbocycles. The van der Waals surface area contributed by atoms with Crippen LogP contribution in [0.5, 0.6) is 5.75 Å². The second-order valence-corrected chi connectivity index (χ2v) is 5.68. The van der Waals surface area contributed by atoms with Crippen molar-refractivity contribution in [1.82, 2.24) is 4.90 Å². The topological polar surface area (TPSA) is 79.0 Å². The van der Waals surface area contributed by atoms with Crippen LogP contribution in [0.25, 0.3) is 0 Å². The Morgan fingerprint density at radius 1 is 1.29 bits per heavy atom. The Bertz CT molecular complexity index is 479. The third kappa shape index (κ3) is 3.86. The Kier molecular flexibility index (Phi) is 4.69. The van der Waals surface area contributed by atoms with Gasteiger partial charge in [-0.3, -0.25) is 9.69 Å². The van der Waals surface area contributed by atoms with E-state index in [0.29, 0.717) is 6.54 Å². The summed E-state index contributed by atoms with van der Waals surface area (Å²) in [6.07, 6.45) is 0. The van der Waals surface area contributed by atoms with Crippen LogP contribution in [-0.4, -0.2) is 61.3 Å². The minimum absolute atomic E-state index is 0.374. The first-order chi connectivity index (χ1) is 9.92. The zero-order chi connectivity index (χ0) is 15.5. The molecule has 6 heteroatoms. The van der Waals surface area contributed by atoms with Crippen molar-refractivity contribution >= 4 is 11.7 Å². The zero-order valence-corrected chi connectivity index (χ0v) is 12.6. The predicted octanol–water partition coefficient (Wildman–Crippen LogP) is 0.619. The lowest BCUT2D eigenvalue weighted by Gasteiger charge is -2.38. The van der Waals surface area contributed by atoms with Gasteiger partial charge < -0.3 is 20.5 Å². The predicted molar refractivity (Wildman–Crippen MR) is 81.9 cm³/mol. The molecule has 0 aromatic heterocycles. The minimum Gasteiger partial charge on any atom is -0.497 e. The third-order valence-electron chi connectivity index (χ3n) is 3.85. The quantitative estimate of drug-likeness (QED) is 0.828. The van der Waals surface area contributed by atoms with Crippen LogP contribution >= 0.6 is 0 Å². The average molecular weight is 293 g/mol. The number of methoxy groups -OCH3 is 1. The van der Waals surface area contributed by atoms with Crippen molar-refractivity contribution in [2.75, 3.05) is 44.7 Å². The van der Waals surface area contributed by atoms with E-state index < -0.39 is 11.5 Å². The van der Waals surface area contributed by atoms with Gasteiger partial charge in [0.2, 0.25) is 0 Å². The summed E-state index contributed by atoms with van der Waals surface area (Å²) in [5.74, 6) is -0.113. The number of carboxylic acid groups (broad SMARTS) is 1. The number of carboxylic acids is 1. The maximum Gasteiger partial charge on any atom is 0.324 e. The highest BCUT2D eigenvalue weighted by atomic mass is 16.5. The van der Waals surface area contributed by atoms with Crippen LogP contribution in [0.3, 0.4) is 0 Å². The molecule has 0 radical (unpaired) electrons. The molecule has 1 unspecified atom stereocenters.